The molecule has 1 aliphatic heterocycles. The Bertz CT molecular complexity index is 819. The fraction of sp³-hybridized carbons (Fsp3) is 0.903. The van der Waals surface area contributed by atoms with Crippen LogP contribution in [0.2, 0.25) is 0 Å². The van der Waals surface area contributed by atoms with Gasteiger partial charge in [-0.1, -0.05) is 33.1 Å². The summed E-state index contributed by atoms with van der Waals surface area (Å²) in [7, 11) is 0. The molecule has 1 N–H and O–H groups in total. The Morgan fingerprint density at radius 2 is 1.53 bits per heavy atom. The second-order valence-corrected chi connectivity index (χ2v) is 13.6. The molecule has 0 bridgehead atoms. The number of fused-ring (bicyclic) bond motifs is 1. The zero-order valence-electron chi connectivity index (χ0n) is 24.6. The molecule has 2 aliphatic carbocycles. The molecule has 1 saturated heterocycles. The van der Waals surface area contributed by atoms with Gasteiger partial charge in [-0.2, -0.15) is 0 Å². The molecule has 7 heteroatoms. The third-order valence-electron chi connectivity index (χ3n) is 9.90. The monoisotopic (exact) mass is 536 g/mol. The van der Waals surface area contributed by atoms with Gasteiger partial charge in [0, 0.05) is 6.42 Å². The highest BCUT2D eigenvalue weighted by atomic mass is 16.5. The van der Waals surface area contributed by atoms with Crippen LogP contribution >= 0.6 is 0 Å². The topological polar surface area (TPSA) is 99.1 Å². The minimum absolute atomic E-state index is 0.0909. The zero-order chi connectivity index (χ0) is 28.1. The maximum Gasteiger partial charge on any atom is 0.311 e. The molecule has 3 fully saturated rings. The number of esters is 3. The first kappa shape index (κ1) is 30.9. The smallest absolute Gasteiger partial charge is 0.311 e. The molecule has 3 aliphatic rings. The van der Waals surface area contributed by atoms with Crippen LogP contribution in [-0.2, 0) is 28.6 Å². The second-order valence-electron chi connectivity index (χ2n) is 13.6. The molecule has 7 atom stereocenters. The highest BCUT2D eigenvalue weighted by Crippen LogP contribution is 2.50. The van der Waals surface area contributed by atoms with E-state index in [0.29, 0.717) is 37.4 Å². The van der Waals surface area contributed by atoms with Crippen molar-refractivity contribution in [3.8, 4) is 0 Å². The van der Waals surface area contributed by atoms with Gasteiger partial charge in [0.05, 0.1) is 36.6 Å². The van der Waals surface area contributed by atoms with Gasteiger partial charge in [0.1, 0.15) is 6.10 Å². The summed E-state index contributed by atoms with van der Waals surface area (Å²) < 4.78 is 17.3. The van der Waals surface area contributed by atoms with Crippen LogP contribution in [0.4, 0.5) is 0 Å². The van der Waals surface area contributed by atoms with Crippen LogP contribution < -0.4 is 0 Å². The van der Waals surface area contributed by atoms with Crippen molar-refractivity contribution in [2.24, 2.45) is 40.4 Å². The second kappa shape index (κ2) is 13.1. The first-order valence-electron chi connectivity index (χ1n) is 15.1. The quantitative estimate of drug-likeness (QED) is 0.261. The summed E-state index contributed by atoms with van der Waals surface area (Å²) in [5.74, 6) is 1.31. The standard InChI is InChI=1S/C31H52O7/c1-7-30(3,4)28(34)36-18-20-14-22-11-9-10-21(12-13-25-16-24(32)17-26(33)38-25)27(22)23(15-20)19-37-29(35)31(5,6)8-2/h20-25,27,32H,7-19H2,1-6H3/t20-,21-,22-,23+,24+,25+,27-/m0/s1. The van der Waals surface area contributed by atoms with Crippen LogP contribution in [0.3, 0.4) is 0 Å². The van der Waals surface area contributed by atoms with Crippen molar-refractivity contribution >= 4 is 17.9 Å². The molecule has 0 amide bonds. The Hall–Kier alpha value is -1.63. The Balaban J connectivity index is 1.69. The van der Waals surface area contributed by atoms with E-state index in [4.69, 9.17) is 14.2 Å². The fourth-order valence-electron chi connectivity index (χ4n) is 6.71. The number of carbonyl (C=O) groups excluding carboxylic acids is 3. The molecule has 218 valence electrons. The van der Waals surface area contributed by atoms with Gasteiger partial charge < -0.3 is 19.3 Å². The van der Waals surface area contributed by atoms with Crippen molar-refractivity contribution in [3.63, 3.8) is 0 Å². The number of cyclic esters (lactones) is 1. The molecule has 38 heavy (non-hydrogen) atoms. The minimum atomic E-state index is -0.606. The van der Waals surface area contributed by atoms with Gasteiger partial charge in [-0.25, -0.2) is 0 Å². The van der Waals surface area contributed by atoms with Crippen LogP contribution in [0.5, 0.6) is 0 Å². The van der Waals surface area contributed by atoms with Crippen molar-refractivity contribution < 1.29 is 33.7 Å². The first-order valence-corrected chi connectivity index (χ1v) is 15.1. The average Bonchev–Trinajstić information content (AvgIpc) is 2.88. The molecule has 0 spiro atoms. The Kier molecular flexibility index (Phi) is 10.7. The largest absolute Gasteiger partial charge is 0.465 e. The maximum atomic E-state index is 12.9. The van der Waals surface area contributed by atoms with Gasteiger partial charge in [-0.3, -0.25) is 14.4 Å². The van der Waals surface area contributed by atoms with Gasteiger partial charge in [0.2, 0.25) is 0 Å². The van der Waals surface area contributed by atoms with E-state index < -0.39 is 16.9 Å². The van der Waals surface area contributed by atoms with Gasteiger partial charge in [-0.15, -0.1) is 0 Å². The summed E-state index contributed by atoms with van der Waals surface area (Å²) in [6.07, 6.45) is 8.30. The van der Waals surface area contributed by atoms with Gasteiger partial charge in [0.25, 0.3) is 0 Å². The number of aliphatic hydroxyl groups is 1. The van der Waals surface area contributed by atoms with Crippen molar-refractivity contribution in [1.29, 1.82) is 0 Å². The lowest BCUT2D eigenvalue weighted by atomic mass is 9.58. The highest BCUT2D eigenvalue weighted by Gasteiger charge is 2.45. The zero-order valence-corrected chi connectivity index (χ0v) is 24.6. The van der Waals surface area contributed by atoms with Crippen molar-refractivity contribution in [2.75, 3.05) is 13.2 Å². The van der Waals surface area contributed by atoms with Gasteiger partial charge in [-0.05, 0) is 95.8 Å². The van der Waals surface area contributed by atoms with Crippen molar-refractivity contribution in [2.45, 2.75) is 124 Å². The summed E-state index contributed by atoms with van der Waals surface area (Å²) in [6, 6.07) is 0. The Morgan fingerprint density at radius 1 is 0.895 bits per heavy atom. The predicted octanol–water partition coefficient (Wildman–Crippen LogP) is 5.85. The summed E-state index contributed by atoms with van der Waals surface area (Å²) in [5.41, 5.74) is -0.990. The van der Waals surface area contributed by atoms with Gasteiger partial charge >= 0.3 is 17.9 Å². The summed E-state index contributed by atoms with van der Waals surface area (Å²) in [5, 5.41) is 10.0. The molecule has 0 aromatic heterocycles. The number of rotatable bonds is 11. The van der Waals surface area contributed by atoms with E-state index in [2.05, 4.69) is 0 Å². The van der Waals surface area contributed by atoms with Crippen molar-refractivity contribution in [1.82, 2.24) is 0 Å². The summed E-state index contributed by atoms with van der Waals surface area (Å²) in [4.78, 5) is 37.3. The SMILES string of the molecule is CCC(C)(C)C(=O)OC[C@H]1C[C@@H]2CCC[C@@H](CC[C@@H]3C[C@@H](O)CC(=O)O3)[C@@H]2[C@@H](COC(=O)C(C)(C)CC)C1. The molecule has 0 radical (unpaired) electrons. The first-order chi connectivity index (χ1) is 17.9. The third-order valence-corrected chi connectivity index (χ3v) is 9.90. The molecule has 1 heterocycles. The summed E-state index contributed by atoms with van der Waals surface area (Å²) >= 11 is 0. The number of aliphatic hydroxyl groups excluding tert-OH is 1. The summed E-state index contributed by atoms with van der Waals surface area (Å²) in [6.45, 7) is 12.6. The van der Waals surface area contributed by atoms with E-state index in [1.807, 2.05) is 41.5 Å². The van der Waals surface area contributed by atoms with Crippen molar-refractivity contribution in [3.05, 3.63) is 0 Å². The maximum absolute atomic E-state index is 12.9. The van der Waals surface area contributed by atoms with Crippen LogP contribution in [0.1, 0.15) is 112 Å². The minimum Gasteiger partial charge on any atom is -0.465 e. The van der Waals surface area contributed by atoms with E-state index in [-0.39, 0.29) is 42.3 Å². The van der Waals surface area contributed by atoms with Crippen LogP contribution in [-0.4, -0.2) is 48.4 Å². The molecule has 7 nitrogen and oxygen atoms in total. The molecule has 0 unspecified atom stereocenters. The fourth-order valence-corrected chi connectivity index (χ4v) is 6.71. The highest BCUT2D eigenvalue weighted by molar-refractivity contribution is 5.76. The van der Waals surface area contributed by atoms with E-state index in [9.17, 15) is 19.5 Å². The molecular weight excluding hydrogens is 484 g/mol. The number of hydrogen-bond acceptors (Lipinski definition) is 7. The predicted molar refractivity (Wildman–Crippen MR) is 145 cm³/mol. The van der Waals surface area contributed by atoms with E-state index in [1.165, 1.54) is 0 Å². The van der Waals surface area contributed by atoms with Crippen LogP contribution in [0.25, 0.3) is 0 Å². The lowest BCUT2D eigenvalue weighted by Gasteiger charge is -2.49. The van der Waals surface area contributed by atoms with E-state index in [0.717, 1.165) is 57.8 Å². The molecular formula is C31H52O7. The molecule has 0 aromatic rings. The van der Waals surface area contributed by atoms with Crippen LogP contribution in [0, 0.1) is 40.4 Å². The molecule has 0 aromatic carbocycles. The lowest BCUT2D eigenvalue weighted by Crippen LogP contribution is -2.44. The number of carbonyl (C=O) groups is 3. The Morgan fingerprint density at radius 3 is 2.13 bits per heavy atom. The van der Waals surface area contributed by atoms with E-state index >= 15 is 0 Å². The van der Waals surface area contributed by atoms with E-state index in [1.54, 1.807) is 0 Å². The Labute approximate surface area is 229 Å². The van der Waals surface area contributed by atoms with Crippen LogP contribution in [0.15, 0.2) is 0 Å². The van der Waals surface area contributed by atoms with Gasteiger partial charge in [0.15, 0.2) is 0 Å². The molecule has 2 saturated carbocycles. The number of hydrogen-bond donors (Lipinski definition) is 1. The third kappa shape index (κ3) is 7.95. The number of ether oxygens (including phenoxy) is 3. The average molecular weight is 537 g/mol. The normalized spacial score (nSPS) is 32.2. The lowest BCUT2D eigenvalue weighted by molar-refractivity contribution is -0.160. The molecule has 3 rings (SSSR count).